The SMILES string of the molecule is COc1csc(C(=O)NC2CCCC(CCl)C2)c1. The molecule has 1 aliphatic carbocycles. The Hall–Kier alpha value is -0.740. The van der Waals surface area contributed by atoms with Crippen LogP contribution in [0.1, 0.15) is 35.4 Å². The molecule has 0 spiro atoms. The fraction of sp³-hybridized carbons (Fsp3) is 0.615. The Balaban J connectivity index is 1.90. The van der Waals surface area contributed by atoms with Crippen molar-refractivity contribution in [1.82, 2.24) is 5.32 Å². The number of nitrogens with one attached hydrogen (secondary N) is 1. The summed E-state index contributed by atoms with van der Waals surface area (Å²) >= 11 is 7.31. The zero-order chi connectivity index (χ0) is 13.0. The summed E-state index contributed by atoms with van der Waals surface area (Å²) < 4.78 is 5.08. The van der Waals surface area contributed by atoms with Gasteiger partial charge in [0.2, 0.25) is 0 Å². The fourth-order valence-electron chi connectivity index (χ4n) is 2.36. The fourth-order valence-corrected chi connectivity index (χ4v) is 3.40. The van der Waals surface area contributed by atoms with Gasteiger partial charge in [0.05, 0.1) is 12.0 Å². The summed E-state index contributed by atoms with van der Waals surface area (Å²) in [6, 6.07) is 2.05. The smallest absolute Gasteiger partial charge is 0.261 e. The third kappa shape index (κ3) is 3.39. The maximum Gasteiger partial charge on any atom is 0.261 e. The average Bonchev–Trinajstić information content (AvgIpc) is 2.88. The van der Waals surface area contributed by atoms with E-state index in [1.165, 1.54) is 17.8 Å². The molecule has 1 fully saturated rings. The van der Waals surface area contributed by atoms with Gasteiger partial charge in [0.25, 0.3) is 5.91 Å². The third-order valence-corrected chi connectivity index (χ3v) is 4.71. The van der Waals surface area contributed by atoms with Crippen LogP contribution in [0.25, 0.3) is 0 Å². The Morgan fingerprint density at radius 2 is 2.44 bits per heavy atom. The van der Waals surface area contributed by atoms with Gasteiger partial charge in [-0.05, 0) is 25.2 Å². The Kier molecular flexibility index (Phi) is 4.89. The first-order valence-electron chi connectivity index (χ1n) is 6.22. The molecule has 1 amide bonds. The molecule has 1 aliphatic rings. The zero-order valence-corrected chi connectivity index (χ0v) is 12.0. The van der Waals surface area contributed by atoms with Gasteiger partial charge in [-0.1, -0.05) is 6.42 Å². The molecule has 1 heterocycles. The van der Waals surface area contributed by atoms with E-state index in [2.05, 4.69) is 5.32 Å². The van der Waals surface area contributed by atoms with E-state index in [1.54, 1.807) is 13.2 Å². The summed E-state index contributed by atoms with van der Waals surface area (Å²) in [6.07, 6.45) is 4.39. The Labute approximate surface area is 116 Å². The number of methoxy groups -OCH3 is 1. The molecule has 2 unspecified atom stereocenters. The number of halogens is 1. The highest BCUT2D eigenvalue weighted by Gasteiger charge is 2.23. The van der Waals surface area contributed by atoms with Crippen LogP contribution in [0.15, 0.2) is 11.4 Å². The van der Waals surface area contributed by atoms with Gasteiger partial charge in [-0.15, -0.1) is 22.9 Å². The maximum absolute atomic E-state index is 12.0. The van der Waals surface area contributed by atoms with Crippen molar-refractivity contribution < 1.29 is 9.53 Å². The lowest BCUT2D eigenvalue weighted by Crippen LogP contribution is -2.38. The highest BCUT2D eigenvalue weighted by molar-refractivity contribution is 7.12. The number of hydrogen-bond donors (Lipinski definition) is 1. The van der Waals surface area contributed by atoms with Crippen LogP contribution >= 0.6 is 22.9 Å². The molecule has 0 aromatic carbocycles. The van der Waals surface area contributed by atoms with Crippen LogP contribution in [0.2, 0.25) is 0 Å². The van der Waals surface area contributed by atoms with E-state index in [1.807, 2.05) is 5.38 Å². The molecule has 0 radical (unpaired) electrons. The maximum atomic E-state index is 12.0. The van der Waals surface area contributed by atoms with Gasteiger partial charge in [-0.25, -0.2) is 0 Å². The van der Waals surface area contributed by atoms with E-state index in [0.717, 1.165) is 25.0 Å². The van der Waals surface area contributed by atoms with Crippen LogP contribution in [0.4, 0.5) is 0 Å². The molecule has 5 heteroatoms. The van der Waals surface area contributed by atoms with Crippen molar-refractivity contribution in [2.24, 2.45) is 5.92 Å². The highest BCUT2D eigenvalue weighted by atomic mass is 35.5. The minimum absolute atomic E-state index is 0.00326. The minimum Gasteiger partial charge on any atom is -0.496 e. The Bertz CT molecular complexity index is 407. The number of hydrogen-bond acceptors (Lipinski definition) is 3. The van der Waals surface area contributed by atoms with Crippen molar-refractivity contribution in [3.8, 4) is 5.75 Å². The molecule has 100 valence electrons. The topological polar surface area (TPSA) is 38.3 Å². The summed E-state index contributed by atoms with van der Waals surface area (Å²) in [6.45, 7) is 0. The van der Waals surface area contributed by atoms with E-state index in [4.69, 9.17) is 16.3 Å². The van der Waals surface area contributed by atoms with Crippen molar-refractivity contribution >= 4 is 28.8 Å². The molecule has 1 N–H and O–H groups in total. The van der Waals surface area contributed by atoms with Gasteiger partial charge in [0, 0.05) is 23.4 Å². The zero-order valence-electron chi connectivity index (χ0n) is 10.4. The van der Waals surface area contributed by atoms with Crippen molar-refractivity contribution in [3.63, 3.8) is 0 Å². The summed E-state index contributed by atoms with van der Waals surface area (Å²) in [5, 5.41) is 4.94. The van der Waals surface area contributed by atoms with Gasteiger partial charge in [0.1, 0.15) is 5.75 Å². The Morgan fingerprint density at radius 3 is 3.11 bits per heavy atom. The number of amides is 1. The molecular weight excluding hydrogens is 270 g/mol. The number of ether oxygens (including phenoxy) is 1. The standard InChI is InChI=1S/C13H18ClNO2S/c1-17-11-6-12(18-8-11)13(16)15-10-4-2-3-9(5-10)7-14/h6,8-10H,2-5,7H2,1H3,(H,15,16). The molecule has 18 heavy (non-hydrogen) atoms. The highest BCUT2D eigenvalue weighted by Crippen LogP contribution is 2.26. The predicted octanol–water partition coefficient (Wildman–Crippen LogP) is 3.28. The van der Waals surface area contributed by atoms with Crippen LogP contribution in [0.5, 0.6) is 5.75 Å². The first-order valence-corrected chi connectivity index (χ1v) is 7.63. The van der Waals surface area contributed by atoms with Crippen LogP contribution in [-0.4, -0.2) is 24.9 Å². The van der Waals surface area contributed by atoms with Gasteiger partial charge >= 0.3 is 0 Å². The predicted molar refractivity (Wildman–Crippen MR) is 74.8 cm³/mol. The van der Waals surface area contributed by atoms with E-state index < -0.39 is 0 Å². The molecule has 2 atom stereocenters. The van der Waals surface area contributed by atoms with Crippen LogP contribution < -0.4 is 10.1 Å². The van der Waals surface area contributed by atoms with E-state index in [9.17, 15) is 4.79 Å². The molecular formula is C13H18ClNO2S. The molecule has 1 aromatic rings. The first kappa shape index (κ1) is 13.7. The lowest BCUT2D eigenvalue weighted by Gasteiger charge is -2.28. The molecule has 2 rings (SSSR count). The summed E-state index contributed by atoms with van der Waals surface area (Å²) in [5.74, 6) is 1.98. The van der Waals surface area contributed by atoms with Crippen molar-refractivity contribution in [1.29, 1.82) is 0 Å². The minimum atomic E-state index is 0.00326. The Morgan fingerprint density at radius 1 is 1.61 bits per heavy atom. The summed E-state index contributed by atoms with van der Waals surface area (Å²) in [7, 11) is 1.61. The molecule has 0 bridgehead atoms. The molecule has 0 aliphatic heterocycles. The van der Waals surface area contributed by atoms with Crippen LogP contribution in [-0.2, 0) is 0 Å². The van der Waals surface area contributed by atoms with Crippen molar-refractivity contribution in [3.05, 3.63) is 16.3 Å². The average molecular weight is 288 g/mol. The molecule has 3 nitrogen and oxygen atoms in total. The first-order chi connectivity index (χ1) is 8.72. The second-order valence-corrected chi connectivity index (χ2v) is 5.93. The van der Waals surface area contributed by atoms with Gasteiger partial charge in [-0.2, -0.15) is 0 Å². The van der Waals surface area contributed by atoms with Gasteiger partial charge in [0.15, 0.2) is 0 Å². The number of thiophene rings is 1. The number of carbonyl (C=O) groups is 1. The van der Waals surface area contributed by atoms with Crippen LogP contribution in [0.3, 0.4) is 0 Å². The largest absolute Gasteiger partial charge is 0.496 e. The lowest BCUT2D eigenvalue weighted by molar-refractivity contribution is 0.0925. The number of rotatable bonds is 4. The lowest BCUT2D eigenvalue weighted by atomic mass is 9.87. The van der Waals surface area contributed by atoms with Crippen molar-refractivity contribution in [2.75, 3.05) is 13.0 Å². The molecule has 0 saturated heterocycles. The monoisotopic (exact) mass is 287 g/mol. The molecule has 1 aromatic heterocycles. The van der Waals surface area contributed by atoms with Gasteiger partial charge < -0.3 is 10.1 Å². The van der Waals surface area contributed by atoms with Gasteiger partial charge in [-0.3, -0.25) is 4.79 Å². The quantitative estimate of drug-likeness (QED) is 0.863. The summed E-state index contributed by atoms with van der Waals surface area (Å²) in [5.41, 5.74) is 0. The number of alkyl halides is 1. The van der Waals surface area contributed by atoms with Crippen LogP contribution in [0, 0.1) is 5.92 Å². The van der Waals surface area contributed by atoms with E-state index in [0.29, 0.717) is 16.7 Å². The summed E-state index contributed by atoms with van der Waals surface area (Å²) in [4.78, 5) is 12.8. The second-order valence-electron chi connectivity index (χ2n) is 4.71. The molecule has 1 saturated carbocycles. The van der Waals surface area contributed by atoms with E-state index >= 15 is 0 Å². The normalized spacial score (nSPS) is 23.7. The number of carbonyl (C=O) groups excluding carboxylic acids is 1. The third-order valence-electron chi connectivity index (χ3n) is 3.37. The van der Waals surface area contributed by atoms with Crippen molar-refractivity contribution in [2.45, 2.75) is 31.7 Å². The second kappa shape index (κ2) is 6.43. The van der Waals surface area contributed by atoms with E-state index in [-0.39, 0.29) is 11.9 Å².